The first-order chi connectivity index (χ1) is 11.0. The number of aliphatic hydroxyl groups is 1. The van der Waals surface area contributed by atoms with Crippen molar-refractivity contribution in [3.8, 4) is 0 Å². The molecule has 0 spiro atoms. The van der Waals surface area contributed by atoms with Crippen molar-refractivity contribution in [3.63, 3.8) is 0 Å². The Morgan fingerprint density at radius 2 is 2.22 bits per heavy atom. The average Bonchev–Trinajstić information content (AvgIpc) is 2.90. The molecule has 1 fully saturated rings. The van der Waals surface area contributed by atoms with Crippen LogP contribution in [0.25, 0.3) is 0 Å². The van der Waals surface area contributed by atoms with Crippen LogP contribution < -0.4 is 5.32 Å². The Hall–Kier alpha value is -0.950. The van der Waals surface area contributed by atoms with E-state index in [1.165, 1.54) is 10.4 Å². The van der Waals surface area contributed by atoms with E-state index in [9.17, 15) is 9.90 Å². The van der Waals surface area contributed by atoms with Gasteiger partial charge in [-0.05, 0) is 37.8 Å². The fourth-order valence-electron chi connectivity index (χ4n) is 3.04. The first-order valence-corrected chi connectivity index (χ1v) is 9.14. The SMILES string of the molecule is CCc1sc(C(=O)NC2CCN(CC(O)COC)CC2)cc1C. The van der Waals surface area contributed by atoms with Crippen molar-refractivity contribution in [1.29, 1.82) is 0 Å². The zero-order chi connectivity index (χ0) is 16.8. The Labute approximate surface area is 142 Å². The second-order valence-electron chi connectivity index (χ2n) is 6.23. The van der Waals surface area contributed by atoms with Gasteiger partial charge in [-0.25, -0.2) is 0 Å². The van der Waals surface area contributed by atoms with Gasteiger partial charge >= 0.3 is 0 Å². The van der Waals surface area contributed by atoms with Crippen LogP contribution in [0.5, 0.6) is 0 Å². The molecule has 5 nitrogen and oxygen atoms in total. The summed E-state index contributed by atoms with van der Waals surface area (Å²) in [4.78, 5) is 16.7. The third-order valence-corrected chi connectivity index (χ3v) is 5.70. The molecule has 0 radical (unpaired) electrons. The highest BCUT2D eigenvalue weighted by atomic mass is 32.1. The summed E-state index contributed by atoms with van der Waals surface area (Å²) in [6, 6.07) is 2.22. The Morgan fingerprint density at radius 3 is 2.78 bits per heavy atom. The fraction of sp³-hybridized carbons (Fsp3) is 0.706. The first-order valence-electron chi connectivity index (χ1n) is 8.33. The average molecular weight is 340 g/mol. The summed E-state index contributed by atoms with van der Waals surface area (Å²) in [5.74, 6) is 0.0515. The third-order valence-electron chi connectivity index (χ3n) is 4.32. The summed E-state index contributed by atoms with van der Waals surface area (Å²) < 4.78 is 4.96. The van der Waals surface area contributed by atoms with Gasteiger partial charge in [-0.2, -0.15) is 0 Å². The molecular formula is C17H28N2O3S. The number of aliphatic hydroxyl groups excluding tert-OH is 1. The minimum Gasteiger partial charge on any atom is -0.389 e. The number of thiophene rings is 1. The highest BCUT2D eigenvalue weighted by Crippen LogP contribution is 2.22. The van der Waals surface area contributed by atoms with Crippen LogP contribution in [0.2, 0.25) is 0 Å². The normalized spacial score (nSPS) is 18.1. The monoisotopic (exact) mass is 340 g/mol. The predicted molar refractivity (Wildman–Crippen MR) is 93.2 cm³/mol. The molecule has 0 bridgehead atoms. The highest BCUT2D eigenvalue weighted by molar-refractivity contribution is 7.14. The topological polar surface area (TPSA) is 61.8 Å². The van der Waals surface area contributed by atoms with Crippen molar-refractivity contribution < 1.29 is 14.6 Å². The molecule has 1 saturated heterocycles. The van der Waals surface area contributed by atoms with E-state index in [1.807, 2.05) is 6.07 Å². The predicted octanol–water partition coefficient (Wildman–Crippen LogP) is 1.82. The molecule has 1 aliphatic rings. The van der Waals surface area contributed by atoms with Crippen molar-refractivity contribution in [3.05, 3.63) is 21.4 Å². The number of β-amino-alcohol motifs (C(OH)–C–C–N with tert-alkyl or cyclic N) is 1. The maximum absolute atomic E-state index is 12.4. The van der Waals surface area contributed by atoms with Crippen molar-refractivity contribution in [2.24, 2.45) is 0 Å². The lowest BCUT2D eigenvalue weighted by Gasteiger charge is -2.33. The molecule has 1 aromatic heterocycles. The number of carbonyl (C=O) groups is 1. The smallest absolute Gasteiger partial charge is 0.261 e. The van der Waals surface area contributed by atoms with Crippen LogP contribution in [0.15, 0.2) is 6.07 Å². The molecule has 1 aromatic rings. The number of amides is 1. The van der Waals surface area contributed by atoms with E-state index in [2.05, 4.69) is 24.1 Å². The van der Waals surface area contributed by atoms with Crippen molar-refractivity contribution in [2.75, 3.05) is 33.4 Å². The minimum absolute atomic E-state index is 0.0515. The summed E-state index contributed by atoms with van der Waals surface area (Å²) in [5.41, 5.74) is 1.21. The lowest BCUT2D eigenvalue weighted by atomic mass is 10.0. The van der Waals surface area contributed by atoms with Gasteiger partial charge in [-0.15, -0.1) is 11.3 Å². The maximum Gasteiger partial charge on any atom is 0.261 e. The van der Waals surface area contributed by atoms with E-state index < -0.39 is 6.10 Å². The van der Waals surface area contributed by atoms with E-state index in [-0.39, 0.29) is 11.9 Å². The van der Waals surface area contributed by atoms with Crippen LogP contribution in [-0.2, 0) is 11.2 Å². The number of nitrogens with zero attached hydrogens (tertiary/aromatic N) is 1. The number of piperidine rings is 1. The number of nitrogens with one attached hydrogen (secondary N) is 1. The highest BCUT2D eigenvalue weighted by Gasteiger charge is 2.23. The summed E-state index contributed by atoms with van der Waals surface area (Å²) in [5, 5.41) is 12.9. The number of ether oxygens (including phenoxy) is 1. The molecule has 2 N–H and O–H groups in total. The summed E-state index contributed by atoms with van der Waals surface area (Å²) >= 11 is 1.60. The largest absolute Gasteiger partial charge is 0.389 e. The standard InChI is InChI=1S/C17H28N2O3S/c1-4-15-12(2)9-16(23-15)17(21)18-13-5-7-19(8-6-13)10-14(20)11-22-3/h9,13-14,20H,4-8,10-11H2,1-3H3,(H,18,21). The van der Waals surface area contributed by atoms with Crippen LogP contribution in [-0.4, -0.2) is 61.4 Å². The van der Waals surface area contributed by atoms with E-state index in [4.69, 9.17) is 4.74 Å². The van der Waals surface area contributed by atoms with Crippen molar-refractivity contribution in [2.45, 2.75) is 45.3 Å². The van der Waals surface area contributed by atoms with Gasteiger partial charge in [0.2, 0.25) is 0 Å². The number of methoxy groups -OCH3 is 1. The molecule has 1 atom stereocenters. The molecule has 0 aromatic carbocycles. The second kappa shape index (κ2) is 8.78. The number of hydrogen-bond acceptors (Lipinski definition) is 5. The zero-order valence-corrected chi connectivity index (χ0v) is 15.1. The number of hydrogen-bond donors (Lipinski definition) is 2. The van der Waals surface area contributed by atoms with Gasteiger partial charge in [0.1, 0.15) is 0 Å². The van der Waals surface area contributed by atoms with Crippen LogP contribution in [0.1, 0.15) is 39.9 Å². The van der Waals surface area contributed by atoms with Crippen LogP contribution in [0.3, 0.4) is 0 Å². The number of likely N-dealkylation sites (tertiary alicyclic amines) is 1. The molecule has 130 valence electrons. The maximum atomic E-state index is 12.4. The molecule has 1 amide bonds. The third kappa shape index (κ3) is 5.28. The molecule has 1 unspecified atom stereocenters. The quantitative estimate of drug-likeness (QED) is 0.795. The molecule has 23 heavy (non-hydrogen) atoms. The van der Waals surface area contributed by atoms with E-state index in [1.54, 1.807) is 18.4 Å². The van der Waals surface area contributed by atoms with Crippen LogP contribution in [0.4, 0.5) is 0 Å². The molecule has 0 aliphatic carbocycles. The van der Waals surface area contributed by atoms with E-state index in [0.29, 0.717) is 13.2 Å². The first kappa shape index (κ1) is 18.4. The van der Waals surface area contributed by atoms with Gasteiger partial charge in [-0.1, -0.05) is 6.92 Å². The van der Waals surface area contributed by atoms with Gasteiger partial charge in [0.25, 0.3) is 5.91 Å². The lowest BCUT2D eigenvalue weighted by molar-refractivity contribution is 0.0309. The Balaban J connectivity index is 1.78. The minimum atomic E-state index is -0.437. The molecule has 0 saturated carbocycles. The van der Waals surface area contributed by atoms with Gasteiger partial charge in [0.05, 0.1) is 17.6 Å². The Kier molecular flexibility index (Phi) is 7.02. The molecule has 1 aliphatic heterocycles. The summed E-state index contributed by atoms with van der Waals surface area (Å²) in [6.07, 6.45) is 2.39. The van der Waals surface area contributed by atoms with Gasteiger partial charge < -0.3 is 20.1 Å². The number of aryl methyl sites for hydroxylation is 2. The van der Waals surface area contributed by atoms with E-state index >= 15 is 0 Å². The van der Waals surface area contributed by atoms with Crippen molar-refractivity contribution in [1.82, 2.24) is 10.2 Å². The fourth-order valence-corrected chi connectivity index (χ4v) is 4.06. The van der Waals surface area contributed by atoms with E-state index in [0.717, 1.165) is 37.2 Å². The summed E-state index contributed by atoms with van der Waals surface area (Å²) in [6.45, 7) is 6.99. The zero-order valence-electron chi connectivity index (χ0n) is 14.3. The summed E-state index contributed by atoms with van der Waals surface area (Å²) in [7, 11) is 1.60. The van der Waals surface area contributed by atoms with Gasteiger partial charge in [0.15, 0.2) is 0 Å². The van der Waals surface area contributed by atoms with Gasteiger partial charge in [-0.3, -0.25) is 4.79 Å². The molecule has 6 heteroatoms. The van der Waals surface area contributed by atoms with Gasteiger partial charge in [0, 0.05) is 37.7 Å². The lowest BCUT2D eigenvalue weighted by Crippen LogP contribution is -2.46. The second-order valence-corrected chi connectivity index (χ2v) is 7.36. The van der Waals surface area contributed by atoms with Crippen LogP contribution >= 0.6 is 11.3 Å². The Morgan fingerprint density at radius 1 is 1.52 bits per heavy atom. The Bertz CT molecular complexity index is 510. The molecule has 2 rings (SSSR count). The number of carbonyl (C=O) groups excluding carboxylic acids is 1. The van der Waals surface area contributed by atoms with Crippen molar-refractivity contribution >= 4 is 17.2 Å². The number of rotatable bonds is 7. The molecular weight excluding hydrogens is 312 g/mol. The molecule has 2 heterocycles. The van der Waals surface area contributed by atoms with Crippen LogP contribution in [0, 0.1) is 6.92 Å².